The van der Waals surface area contributed by atoms with Crippen LogP contribution in [0.25, 0.3) is 10.8 Å². The number of aromatic hydroxyl groups is 1. The molecular weight excluding hydrogens is 582 g/mol. The number of carbonyl (C=O) groups excluding carboxylic acids is 2. The van der Waals surface area contributed by atoms with Gasteiger partial charge < -0.3 is 30.4 Å². The summed E-state index contributed by atoms with van der Waals surface area (Å²) >= 11 is 0. The van der Waals surface area contributed by atoms with Crippen molar-refractivity contribution in [1.29, 1.82) is 0 Å². The van der Waals surface area contributed by atoms with Gasteiger partial charge in [0.05, 0.1) is 24.2 Å². The van der Waals surface area contributed by atoms with E-state index < -0.39 is 18.3 Å². The average molecular weight is 618 g/mol. The Bertz CT molecular complexity index is 1820. The first-order chi connectivity index (χ1) is 22.4. The van der Waals surface area contributed by atoms with E-state index in [9.17, 15) is 14.7 Å². The minimum atomic E-state index is -0.960. The van der Waals surface area contributed by atoms with Gasteiger partial charge in [0.1, 0.15) is 11.9 Å². The van der Waals surface area contributed by atoms with Crippen LogP contribution in [0.4, 0.5) is 21.9 Å². The number of ether oxygens (including phenoxy) is 3. The SMILES string of the molecule is COc1ccc([C@@H](OC(=O)Nc2cccc3ccccc23)[C@@H](CC/C=C/C(=O)Nc2ccccc2N)Oc2ccccc2)cc1O. The zero-order valence-electron chi connectivity index (χ0n) is 25.3. The summed E-state index contributed by atoms with van der Waals surface area (Å²) in [5, 5.41) is 18.1. The van der Waals surface area contributed by atoms with Gasteiger partial charge in [-0.2, -0.15) is 0 Å². The first kappa shape index (κ1) is 31.5. The molecule has 0 aliphatic rings. The first-order valence-electron chi connectivity index (χ1n) is 14.8. The monoisotopic (exact) mass is 617 g/mol. The van der Waals surface area contributed by atoms with Crippen LogP contribution >= 0.6 is 0 Å². The van der Waals surface area contributed by atoms with Gasteiger partial charge in [0.2, 0.25) is 5.91 Å². The molecule has 9 nitrogen and oxygen atoms in total. The highest BCUT2D eigenvalue weighted by Gasteiger charge is 2.30. The van der Waals surface area contributed by atoms with E-state index in [1.54, 1.807) is 60.7 Å². The van der Waals surface area contributed by atoms with Crippen LogP contribution in [0.1, 0.15) is 24.5 Å². The maximum atomic E-state index is 13.5. The predicted octanol–water partition coefficient (Wildman–Crippen LogP) is 7.85. The van der Waals surface area contributed by atoms with Gasteiger partial charge in [0, 0.05) is 10.9 Å². The van der Waals surface area contributed by atoms with Crippen LogP contribution in [0.2, 0.25) is 0 Å². The van der Waals surface area contributed by atoms with Crippen LogP contribution in [-0.2, 0) is 9.53 Å². The summed E-state index contributed by atoms with van der Waals surface area (Å²) in [6.07, 6.45) is 1.52. The Morgan fingerprint density at radius 1 is 0.848 bits per heavy atom. The van der Waals surface area contributed by atoms with Gasteiger partial charge in [-0.15, -0.1) is 0 Å². The molecule has 0 aromatic heterocycles. The molecule has 2 atom stereocenters. The van der Waals surface area contributed by atoms with E-state index in [2.05, 4.69) is 10.6 Å². The predicted molar refractivity (Wildman–Crippen MR) is 180 cm³/mol. The molecule has 5 aromatic carbocycles. The Morgan fingerprint density at radius 2 is 1.57 bits per heavy atom. The summed E-state index contributed by atoms with van der Waals surface area (Å²) < 4.78 is 17.7. The van der Waals surface area contributed by atoms with E-state index in [1.807, 2.05) is 54.6 Å². The molecule has 9 heteroatoms. The first-order valence-corrected chi connectivity index (χ1v) is 14.8. The van der Waals surface area contributed by atoms with Crippen molar-refractivity contribution in [3.05, 3.63) is 133 Å². The number of nitrogen functional groups attached to an aromatic ring is 1. The summed E-state index contributed by atoms with van der Waals surface area (Å²) in [4.78, 5) is 26.0. The molecule has 0 radical (unpaired) electrons. The van der Waals surface area contributed by atoms with Crippen molar-refractivity contribution < 1.29 is 28.9 Å². The van der Waals surface area contributed by atoms with E-state index in [0.717, 1.165) is 10.8 Å². The zero-order valence-corrected chi connectivity index (χ0v) is 25.3. The van der Waals surface area contributed by atoms with E-state index in [4.69, 9.17) is 19.9 Å². The van der Waals surface area contributed by atoms with E-state index in [1.165, 1.54) is 19.3 Å². The highest BCUT2D eigenvalue weighted by atomic mass is 16.6. The number of nitrogens with two attached hydrogens (primary N) is 1. The third-order valence-electron chi connectivity index (χ3n) is 7.27. The molecule has 0 aliphatic carbocycles. The molecule has 0 bridgehead atoms. The number of amides is 2. The normalized spacial score (nSPS) is 12.3. The fourth-order valence-electron chi connectivity index (χ4n) is 5.01. The van der Waals surface area contributed by atoms with Gasteiger partial charge in [0.25, 0.3) is 0 Å². The number of fused-ring (bicyclic) bond motifs is 1. The van der Waals surface area contributed by atoms with Crippen molar-refractivity contribution in [2.45, 2.75) is 25.0 Å². The van der Waals surface area contributed by atoms with E-state index in [-0.39, 0.29) is 17.4 Å². The molecule has 5 rings (SSSR count). The highest BCUT2D eigenvalue weighted by molar-refractivity contribution is 6.01. The van der Waals surface area contributed by atoms with Gasteiger partial charge in [-0.25, -0.2) is 4.79 Å². The summed E-state index contributed by atoms with van der Waals surface area (Å²) in [5.41, 5.74) is 8.01. The van der Waals surface area contributed by atoms with Gasteiger partial charge in [-0.05, 0) is 66.8 Å². The standard InChI is InChI=1S/C37H35N3O6/c1-44-33-23-22-26(24-32(33)41)36(46-37(43)40-30-19-11-13-25-12-5-6-16-28(25)30)34(45-27-14-3-2-4-15-27)20-9-10-21-35(42)39-31-18-8-7-17-29(31)38/h2-8,10-19,21-24,34,36,41H,9,20,38H2,1H3,(H,39,42)(H,40,43)/b21-10+/t34-,36-/m1/s1. The lowest BCUT2D eigenvalue weighted by Gasteiger charge is -2.28. The zero-order chi connectivity index (χ0) is 32.3. The number of benzene rings is 5. The van der Waals surface area contributed by atoms with Crippen molar-refractivity contribution in [1.82, 2.24) is 0 Å². The molecule has 234 valence electrons. The van der Waals surface area contributed by atoms with Crippen LogP contribution < -0.4 is 25.8 Å². The summed E-state index contributed by atoms with van der Waals surface area (Å²) in [5.74, 6) is 0.393. The Balaban J connectivity index is 1.40. The van der Waals surface area contributed by atoms with Gasteiger partial charge in [-0.3, -0.25) is 10.1 Å². The maximum Gasteiger partial charge on any atom is 0.412 e. The molecule has 0 unspecified atom stereocenters. The van der Waals surface area contributed by atoms with Crippen LogP contribution in [0.5, 0.6) is 17.2 Å². The van der Waals surface area contributed by atoms with Crippen LogP contribution in [0, 0.1) is 0 Å². The Labute approximate surface area is 267 Å². The van der Waals surface area contributed by atoms with E-state index in [0.29, 0.717) is 41.2 Å². The number of allylic oxidation sites excluding steroid dienone is 1. The number of rotatable bonds is 12. The maximum absolute atomic E-state index is 13.5. The second-order valence-corrected chi connectivity index (χ2v) is 10.4. The van der Waals surface area contributed by atoms with Crippen molar-refractivity contribution in [3.63, 3.8) is 0 Å². The van der Waals surface area contributed by atoms with Crippen LogP contribution in [-0.4, -0.2) is 30.3 Å². The number of para-hydroxylation sites is 3. The van der Waals surface area contributed by atoms with Crippen molar-refractivity contribution >= 4 is 39.8 Å². The summed E-state index contributed by atoms with van der Waals surface area (Å²) in [6.45, 7) is 0. The van der Waals surface area contributed by atoms with Gasteiger partial charge >= 0.3 is 6.09 Å². The van der Waals surface area contributed by atoms with Crippen molar-refractivity contribution in [2.75, 3.05) is 23.5 Å². The molecular formula is C37H35N3O6. The number of anilines is 3. The molecule has 0 saturated carbocycles. The Kier molecular flexibility index (Phi) is 10.4. The third kappa shape index (κ3) is 8.15. The number of hydrogen-bond acceptors (Lipinski definition) is 7. The minimum absolute atomic E-state index is 0.113. The molecule has 2 amide bonds. The third-order valence-corrected chi connectivity index (χ3v) is 7.27. The second kappa shape index (κ2) is 15.2. The van der Waals surface area contributed by atoms with E-state index >= 15 is 0 Å². The number of carbonyl (C=O) groups is 2. The number of methoxy groups -OCH3 is 1. The molecule has 0 fully saturated rings. The average Bonchev–Trinajstić information content (AvgIpc) is 3.07. The molecule has 0 spiro atoms. The van der Waals surface area contributed by atoms with Crippen molar-refractivity contribution in [2.24, 2.45) is 0 Å². The minimum Gasteiger partial charge on any atom is -0.504 e. The molecule has 0 aliphatic heterocycles. The van der Waals surface area contributed by atoms with Crippen LogP contribution in [0.3, 0.4) is 0 Å². The molecule has 0 saturated heterocycles. The van der Waals surface area contributed by atoms with Crippen LogP contribution in [0.15, 0.2) is 127 Å². The number of hydrogen-bond donors (Lipinski definition) is 4. The fourth-order valence-corrected chi connectivity index (χ4v) is 5.01. The van der Waals surface area contributed by atoms with Gasteiger partial charge in [-0.1, -0.05) is 78.9 Å². The highest BCUT2D eigenvalue weighted by Crippen LogP contribution is 2.35. The summed E-state index contributed by atoms with van der Waals surface area (Å²) in [6, 6.07) is 34.3. The number of nitrogens with one attached hydrogen (secondary N) is 2. The molecule has 0 heterocycles. The largest absolute Gasteiger partial charge is 0.504 e. The second-order valence-electron chi connectivity index (χ2n) is 10.4. The number of phenols is 1. The fraction of sp³-hybridized carbons (Fsp3) is 0.135. The Morgan fingerprint density at radius 3 is 2.35 bits per heavy atom. The molecule has 5 aromatic rings. The topological polar surface area (TPSA) is 132 Å². The smallest absolute Gasteiger partial charge is 0.412 e. The van der Waals surface area contributed by atoms with Gasteiger partial charge in [0.15, 0.2) is 17.6 Å². The quantitative estimate of drug-likeness (QED) is 0.0828. The molecule has 46 heavy (non-hydrogen) atoms. The molecule has 5 N–H and O–H groups in total. The number of phenolic OH excluding ortho intramolecular Hbond substituents is 1. The lowest BCUT2D eigenvalue weighted by molar-refractivity contribution is -0.111. The summed E-state index contributed by atoms with van der Waals surface area (Å²) in [7, 11) is 1.45. The van der Waals surface area contributed by atoms with Crippen molar-refractivity contribution in [3.8, 4) is 17.2 Å². The Hall–Kier alpha value is -5.96. The lowest BCUT2D eigenvalue weighted by atomic mass is 9.99. The lowest BCUT2D eigenvalue weighted by Crippen LogP contribution is -2.31.